The first-order valence-electron chi connectivity index (χ1n) is 7.42. The third-order valence-electron chi connectivity index (χ3n) is 4.71. The minimum absolute atomic E-state index is 0.580. The second-order valence-corrected chi connectivity index (χ2v) is 6.21. The zero-order valence-electron chi connectivity index (χ0n) is 12.0. The monoisotopic (exact) mass is 271 g/mol. The average Bonchev–Trinajstić information content (AvgIpc) is 2.74. The summed E-state index contributed by atoms with van der Waals surface area (Å²) in [7, 11) is 2.22. The summed E-state index contributed by atoms with van der Waals surface area (Å²) in [6, 6.07) is 5.54. The van der Waals surface area contributed by atoms with Crippen LogP contribution in [-0.4, -0.2) is 36.6 Å². The van der Waals surface area contributed by atoms with Gasteiger partial charge in [0.1, 0.15) is 0 Å². The molecule has 4 heteroatoms. The van der Waals surface area contributed by atoms with Gasteiger partial charge in [0.25, 0.3) is 0 Å². The Morgan fingerprint density at radius 1 is 1.50 bits per heavy atom. The molecule has 3 atom stereocenters. The van der Waals surface area contributed by atoms with Crippen molar-refractivity contribution in [2.75, 3.05) is 26.7 Å². The molecule has 3 unspecified atom stereocenters. The highest BCUT2D eigenvalue weighted by Gasteiger charge is 2.37. The lowest BCUT2D eigenvalue weighted by molar-refractivity contribution is 0.169. The van der Waals surface area contributed by atoms with Gasteiger partial charge in [0.05, 0.1) is 18.2 Å². The zero-order chi connectivity index (χ0) is 13.9. The van der Waals surface area contributed by atoms with E-state index in [-0.39, 0.29) is 0 Å². The first kappa shape index (κ1) is 13.4. The van der Waals surface area contributed by atoms with Crippen LogP contribution in [0.15, 0.2) is 18.3 Å². The fraction of sp³-hybridized carbons (Fsp3) is 0.625. The van der Waals surface area contributed by atoms with E-state index < -0.39 is 0 Å². The second kappa shape index (κ2) is 5.80. The zero-order valence-corrected chi connectivity index (χ0v) is 12.0. The quantitative estimate of drug-likeness (QED) is 0.846. The van der Waals surface area contributed by atoms with Gasteiger partial charge in [-0.2, -0.15) is 5.26 Å². The molecular formula is C16H21N3O. The van der Waals surface area contributed by atoms with Crippen LogP contribution in [0.3, 0.4) is 0 Å². The van der Waals surface area contributed by atoms with Crippen molar-refractivity contribution in [2.45, 2.75) is 19.3 Å². The number of ether oxygens (including phenoxy) is 1. The van der Waals surface area contributed by atoms with Crippen molar-refractivity contribution in [3.63, 3.8) is 0 Å². The summed E-state index contributed by atoms with van der Waals surface area (Å²) in [5.74, 6) is 2.84. The summed E-state index contributed by atoms with van der Waals surface area (Å²) in [6.07, 6.45) is 5.60. The third kappa shape index (κ3) is 2.94. The SMILES string of the molecule is CN1CCC2CC(COc3cc(C#N)ccn3)C(C2)C1. The van der Waals surface area contributed by atoms with Crippen molar-refractivity contribution in [1.29, 1.82) is 5.26 Å². The van der Waals surface area contributed by atoms with E-state index in [0.717, 1.165) is 18.4 Å². The Kier molecular flexibility index (Phi) is 3.88. The van der Waals surface area contributed by atoms with E-state index in [9.17, 15) is 0 Å². The molecule has 1 aliphatic carbocycles. The molecule has 3 rings (SSSR count). The fourth-order valence-corrected chi connectivity index (χ4v) is 3.65. The molecule has 1 aliphatic heterocycles. The van der Waals surface area contributed by atoms with Crippen molar-refractivity contribution < 1.29 is 4.74 Å². The number of rotatable bonds is 3. The third-order valence-corrected chi connectivity index (χ3v) is 4.71. The molecule has 0 aromatic carbocycles. The summed E-state index contributed by atoms with van der Waals surface area (Å²) < 4.78 is 5.84. The van der Waals surface area contributed by atoms with Gasteiger partial charge >= 0.3 is 0 Å². The van der Waals surface area contributed by atoms with Gasteiger partial charge in [0.15, 0.2) is 0 Å². The lowest BCUT2D eigenvalue weighted by Crippen LogP contribution is -2.30. The van der Waals surface area contributed by atoms with Crippen LogP contribution >= 0.6 is 0 Å². The summed E-state index contributed by atoms with van der Waals surface area (Å²) in [5.41, 5.74) is 0.608. The number of likely N-dealkylation sites (tertiary alicyclic amines) is 1. The number of pyridine rings is 1. The van der Waals surface area contributed by atoms with E-state index in [1.165, 1.54) is 32.4 Å². The van der Waals surface area contributed by atoms with Gasteiger partial charge < -0.3 is 9.64 Å². The highest BCUT2D eigenvalue weighted by Crippen LogP contribution is 2.40. The molecule has 1 saturated carbocycles. The van der Waals surface area contributed by atoms with E-state index >= 15 is 0 Å². The summed E-state index contributed by atoms with van der Waals surface area (Å²) in [5, 5.41) is 8.89. The van der Waals surface area contributed by atoms with Gasteiger partial charge in [-0.15, -0.1) is 0 Å². The van der Waals surface area contributed by atoms with E-state index in [0.29, 0.717) is 17.4 Å². The van der Waals surface area contributed by atoms with Crippen LogP contribution in [0, 0.1) is 29.1 Å². The second-order valence-electron chi connectivity index (χ2n) is 6.21. The maximum atomic E-state index is 8.89. The number of hydrogen-bond acceptors (Lipinski definition) is 4. The van der Waals surface area contributed by atoms with E-state index in [2.05, 4.69) is 23.0 Å². The van der Waals surface area contributed by atoms with Crippen LogP contribution in [0.4, 0.5) is 0 Å². The number of nitriles is 1. The Labute approximate surface area is 120 Å². The highest BCUT2D eigenvalue weighted by atomic mass is 16.5. The molecule has 2 fully saturated rings. The molecule has 4 nitrogen and oxygen atoms in total. The standard InChI is InChI=1S/C16H21N3O/c1-19-5-3-12-6-14(10-19)15(7-12)11-20-16-8-13(9-17)2-4-18-16/h2,4,8,12,14-15H,3,5-7,10-11H2,1H3. The lowest BCUT2D eigenvalue weighted by Gasteiger charge is -2.25. The van der Waals surface area contributed by atoms with Crippen molar-refractivity contribution >= 4 is 0 Å². The molecule has 20 heavy (non-hydrogen) atoms. The molecular weight excluding hydrogens is 250 g/mol. The topological polar surface area (TPSA) is 49.1 Å². The average molecular weight is 271 g/mol. The summed E-state index contributed by atoms with van der Waals surface area (Å²) in [4.78, 5) is 6.63. The minimum Gasteiger partial charge on any atom is -0.477 e. The van der Waals surface area contributed by atoms with Gasteiger partial charge in [0.2, 0.25) is 5.88 Å². The Balaban J connectivity index is 1.60. The van der Waals surface area contributed by atoms with Gasteiger partial charge in [-0.3, -0.25) is 0 Å². The fourth-order valence-electron chi connectivity index (χ4n) is 3.65. The summed E-state index contributed by atoms with van der Waals surface area (Å²) in [6.45, 7) is 3.16. The Morgan fingerprint density at radius 2 is 2.40 bits per heavy atom. The van der Waals surface area contributed by atoms with Gasteiger partial charge in [0, 0.05) is 18.8 Å². The van der Waals surface area contributed by atoms with Crippen LogP contribution in [0.25, 0.3) is 0 Å². The van der Waals surface area contributed by atoms with Gasteiger partial charge in [-0.05, 0) is 56.7 Å². The molecule has 0 amide bonds. The van der Waals surface area contributed by atoms with Gasteiger partial charge in [-0.25, -0.2) is 4.98 Å². The molecule has 2 bridgehead atoms. The van der Waals surface area contributed by atoms with Crippen molar-refractivity contribution in [1.82, 2.24) is 9.88 Å². The molecule has 2 aliphatic rings. The molecule has 0 N–H and O–H groups in total. The normalized spacial score (nSPS) is 29.7. The number of nitrogens with zero attached hydrogens (tertiary/aromatic N) is 3. The molecule has 0 radical (unpaired) electrons. The van der Waals surface area contributed by atoms with E-state index in [4.69, 9.17) is 10.00 Å². The molecule has 1 aromatic heterocycles. The number of aromatic nitrogens is 1. The predicted molar refractivity (Wildman–Crippen MR) is 76.3 cm³/mol. The Hall–Kier alpha value is -1.60. The Morgan fingerprint density at radius 3 is 3.25 bits per heavy atom. The van der Waals surface area contributed by atoms with Crippen molar-refractivity contribution in [3.05, 3.63) is 23.9 Å². The van der Waals surface area contributed by atoms with Crippen molar-refractivity contribution in [3.8, 4) is 11.9 Å². The van der Waals surface area contributed by atoms with Crippen LogP contribution in [0.2, 0.25) is 0 Å². The molecule has 2 heterocycles. The molecule has 1 saturated heterocycles. The largest absolute Gasteiger partial charge is 0.477 e. The maximum Gasteiger partial charge on any atom is 0.214 e. The first-order chi connectivity index (χ1) is 9.74. The molecule has 0 spiro atoms. The van der Waals surface area contributed by atoms with Crippen LogP contribution in [0.1, 0.15) is 24.8 Å². The van der Waals surface area contributed by atoms with Crippen LogP contribution in [0.5, 0.6) is 5.88 Å². The van der Waals surface area contributed by atoms with Crippen molar-refractivity contribution in [2.24, 2.45) is 17.8 Å². The Bertz CT molecular complexity index is 511. The first-order valence-corrected chi connectivity index (χ1v) is 7.42. The minimum atomic E-state index is 0.580. The lowest BCUT2D eigenvalue weighted by atomic mass is 9.96. The number of fused-ring (bicyclic) bond motifs is 2. The van der Waals surface area contributed by atoms with Crippen LogP contribution in [-0.2, 0) is 0 Å². The van der Waals surface area contributed by atoms with E-state index in [1.54, 1.807) is 18.3 Å². The molecule has 106 valence electrons. The summed E-state index contributed by atoms with van der Waals surface area (Å²) >= 11 is 0. The van der Waals surface area contributed by atoms with Crippen LogP contribution < -0.4 is 4.74 Å². The predicted octanol–water partition coefficient (Wildman–Crippen LogP) is 2.31. The molecule has 1 aromatic rings. The number of hydrogen-bond donors (Lipinski definition) is 0. The van der Waals surface area contributed by atoms with Gasteiger partial charge in [-0.1, -0.05) is 0 Å². The highest BCUT2D eigenvalue weighted by molar-refractivity contribution is 5.31. The maximum absolute atomic E-state index is 8.89. The smallest absolute Gasteiger partial charge is 0.214 e. The van der Waals surface area contributed by atoms with E-state index in [1.807, 2.05) is 0 Å².